The first kappa shape index (κ1) is 35.5. The maximum Gasteiger partial charge on any atom is 0.160 e. The molecule has 0 bridgehead atoms. The van der Waals surface area contributed by atoms with Crippen LogP contribution in [-0.4, -0.2) is 11.5 Å². The van der Waals surface area contributed by atoms with E-state index in [1.165, 1.54) is 21.9 Å². The van der Waals surface area contributed by atoms with Crippen molar-refractivity contribution in [2.24, 2.45) is 9.98 Å². The van der Waals surface area contributed by atoms with Crippen molar-refractivity contribution in [3.05, 3.63) is 236 Å². The van der Waals surface area contributed by atoms with Crippen LogP contribution in [0.1, 0.15) is 16.7 Å². The molecule has 0 fully saturated rings. The second-order valence-corrected chi connectivity index (χ2v) is 14.7. The average Bonchev–Trinajstić information content (AvgIpc) is 3.70. The number of amidine groups is 1. The normalized spacial score (nSPS) is 12.1. The first-order valence-electron chi connectivity index (χ1n) is 19.8. The van der Waals surface area contributed by atoms with Gasteiger partial charge in [-0.3, -0.25) is 0 Å². The van der Waals surface area contributed by atoms with Gasteiger partial charge in [-0.25, -0.2) is 9.98 Å². The predicted molar refractivity (Wildman–Crippen MR) is 250 cm³/mol. The number of allylic oxidation sites excluding steroid dienone is 1. The van der Waals surface area contributed by atoms with Crippen molar-refractivity contribution in [2.45, 2.75) is 0 Å². The van der Waals surface area contributed by atoms with E-state index in [0.29, 0.717) is 17.2 Å². The average molecular weight is 755 g/mol. The molecule has 1 aromatic heterocycles. The highest BCUT2D eigenvalue weighted by Crippen LogP contribution is 2.42. The van der Waals surface area contributed by atoms with Crippen molar-refractivity contribution < 1.29 is 4.42 Å². The van der Waals surface area contributed by atoms with Gasteiger partial charge >= 0.3 is 0 Å². The molecule has 0 amide bonds. The Hall–Kier alpha value is -7.88. The number of benzene rings is 9. The molecule has 0 spiro atoms. The van der Waals surface area contributed by atoms with Gasteiger partial charge in [0.05, 0.1) is 11.4 Å². The lowest BCUT2D eigenvalue weighted by Gasteiger charge is -2.11. The van der Waals surface area contributed by atoms with Crippen LogP contribution in [-0.2, 0) is 0 Å². The third-order valence-corrected chi connectivity index (χ3v) is 11.1. The molecule has 3 heteroatoms. The standard InChI is InChI=1S/C56H38N2O/c1-3-51(58-56(42-19-8-5-9-20-42)57-37(2)43-22-14-23-45(34-43)38-16-6-4-7-17-38)50-36-53-55(49-25-13-12-24-48(49)50)54-47(26-15-27-52(54)59-53)41-31-28-40(29-32-41)46-33-30-39-18-10-11-21-44(39)35-46/h3-36H,1-2H2/b57-56-,58-51+. The summed E-state index contributed by atoms with van der Waals surface area (Å²) in [5.74, 6) is 0.541. The van der Waals surface area contributed by atoms with E-state index < -0.39 is 0 Å². The monoisotopic (exact) mass is 754 g/mol. The first-order chi connectivity index (χ1) is 29.1. The zero-order valence-corrected chi connectivity index (χ0v) is 32.3. The molecule has 10 aromatic rings. The molecule has 0 N–H and O–H groups in total. The van der Waals surface area contributed by atoms with Crippen molar-refractivity contribution in [3.63, 3.8) is 0 Å². The molecule has 0 atom stereocenters. The minimum absolute atomic E-state index is 0.541. The van der Waals surface area contributed by atoms with Crippen LogP contribution in [0.15, 0.2) is 234 Å². The minimum atomic E-state index is 0.541. The van der Waals surface area contributed by atoms with Crippen molar-refractivity contribution in [2.75, 3.05) is 0 Å². The number of hydrogen-bond donors (Lipinski definition) is 0. The summed E-state index contributed by atoms with van der Waals surface area (Å²) in [4.78, 5) is 10.3. The molecular formula is C56H38N2O. The molecule has 0 aliphatic carbocycles. The Balaban J connectivity index is 1.08. The molecule has 0 aliphatic heterocycles. The van der Waals surface area contributed by atoms with Gasteiger partial charge in [0, 0.05) is 27.5 Å². The van der Waals surface area contributed by atoms with Gasteiger partial charge in [0.15, 0.2) is 5.84 Å². The fourth-order valence-corrected chi connectivity index (χ4v) is 8.12. The van der Waals surface area contributed by atoms with Crippen molar-refractivity contribution in [3.8, 4) is 33.4 Å². The number of rotatable bonds is 8. The summed E-state index contributed by atoms with van der Waals surface area (Å²) < 4.78 is 6.72. The Kier molecular flexibility index (Phi) is 9.17. The van der Waals surface area contributed by atoms with Crippen LogP contribution in [0.3, 0.4) is 0 Å². The van der Waals surface area contributed by atoms with Gasteiger partial charge in [-0.15, -0.1) is 0 Å². The van der Waals surface area contributed by atoms with Crippen molar-refractivity contribution in [1.82, 2.24) is 0 Å². The van der Waals surface area contributed by atoms with E-state index in [-0.39, 0.29) is 0 Å². The van der Waals surface area contributed by atoms with Gasteiger partial charge in [-0.2, -0.15) is 0 Å². The van der Waals surface area contributed by atoms with E-state index in [2.05, 4.69) is 153 Å². The lowest BCUT2D eigenvalue weighted by molar-refractivity contribution is 0.669. The molecule has 3 nitrogen and oxygen atoms in total. The van der Waals surface area contributed by atoms with Crippen LogP contribution in [0, 0.1) is 0 Å². The number of hydrogen-bond acceptors (Lipinski definition) is 2. The van der Waals surface area contributed by atoms with Crippen molar-refractivity contribution in [1.29, 1.82) is 0 Å². The smallest absolute Gasteiger partial charge is 0.160 e. The van der Waals surface area contributed by atoms with Gasteiger partial charge in [0.1, 0.15) is 11.2 Å². The molecule has 1 heterocycles. The van der Waals surface area contributed by atoms with E-state index in [1.807, 2.05) is 60.7 Å². The van der Waals surface area contributed by atoms with E-state index in [1.54, 1.807) is 6.08 Å². The summed E-state index contributed by atoms with van der Waals surface area (Å²) in [7, 11) is 0. The Morgan fingerprint density at radius 3 is 1.85 bits per heavy atom. The molecule has 0 saturated heterocycles. The largest absolute Gasteiger partial charge is 0.456 e. The van der Waals surface area contributed by atoms with Gasteiger partial charge in [0.25, 0.3) is 0 Å². The van der Waals surface area contributed by atoms with Crippen LogP contribution < -0.4 is 0 Å². The van der Waals surface area contributed by atoms with Gasteiger partial charge in [0.2, 0.25) is 0 Å². The van der Waals surface area contributed by atoms with E-state index >= 15 is 0 Å². The van der Waals surface area contributed by atoms with Gasteiger partial charge < -0.3 is 4.42 Å². The van der Waals surface area contributed by atoms with Crippen LogP contribution in [0.4, 0.5) is 0 Å². The molecule has 0 aliphatic rings. The Bertz CT molecular complexity index is 3280. The quantitative estimate of drug-likeness (QED) is 0.112. The molecule has 0 radical (unpaired) electrons. The minimum Gasteiger partial charge on any atom is -0.456 e. The fraction of sp³-hybridized carbons (Fsp3) is 0. The van der Waals surface area contributed by atoms with Gasteiger partial charge in [-0.1, -0.05) is 189 Å². The Morgan fingerprint density at radius 2 is 1.05 bits per heavy atom. The maximum atomic E-state index is 6.72. The zero-order valence-electron chi connectivity index (χ0n) is 32.3. The molecule has 0 unspecified atom stereocenters. The molecule has 10 rings (SSSR count). The predicted octanol–water partition coefficient (Wildman–Crippen LogP) is 15.0. The Morgan fingerprint density at radius 1 is 0.441 bits per heavy atom. The van der Waals surface area contributed by atoms with Crippen molar-refractivity contribution >= 4 is 60.7 Å². The van der Waals surface area contributed by atoms with E-state index in [4.69, 9.17) is 14.4 Å². The number of furan rings is 1. The lowest BCUT2D eigenvalue weighted by Crippen LogP contribution is -2.06. The molecule has 59 heavy (non-hydrogen) atoms. The molecule has 9 aromatic carbocycles. The summed E-state index contributed by atoms with van der Waals surface area (Å²) in [5.41, 5.74) is 12.5. The second kappa shape index (κ2) is 15.2. The Labute approximate surface area is 343 Å². The van der Waals surface area contributed by atoms with E-state index in [9.17, 15) is 0 Å². The highest BCUT2D eigenvalue weighted by molar-refractivity contribution is 6.29. The number of fused-ring (bicyclic) bond motifs is 6. The topological polar surface area (TPSA) is 37.9 Å². The third kappa shape index (κ3) is 6.75. The number of nitrogens with zero attached hydrogens (tertiary/aromatic N) is 2. The molecule has 278 valence electrons. The van der Waals surface area contributed by atoms with Crippen LogP contribution in [0.2, 0.25) is 0 Å². The summed E-state index contributed by atoms with van der Waals surface area (Å²) in [6.07, 6.45) is 1.80. The second-order valence-electron chi connectivity index (χ2n) is 14.7. The molecule has 0 saturated carbocycles. The highest BCUT2D eigenvalue weighted by atomic mass is 16.3. The van der Waals surface area contributed by atoms with E-state index in [0.717, 1.165) is 71.7 Å². The maximum absolute atomic E-state index is 6.72. The third-order valence-electron chi connectivity index (χ3n) is 11.1. The van der Waals surface area contributed by atoms with Crippen LogP contribution in [0.5, 0.6) is 0 Å². The van der Waals surface area contributed by atoms with Crippen LogP contribution in [0.25, 0.3) is 82.6 Å². The fourth-order valence-electron chi connectivity index (χ4n) is 8.12. The zero-order chi connectivity index (χ0) is 39.7. The lowest BCUT2D eigenvalue weighted by atomic mass is 9.93. The summed E-state index contributed by atoms with van der Waals surface area (Å²) >= 11 is 0. The number of aliphatic imine (C=N–C) groups is 2. The summed E-state index contributed by atoms with van der Waals surface area (Å²) in [6, 6.07) is 69.5. The first-order valence-corrected chi connectivity index (χ1v) is 19.8. The molecular weight excluding hydrogens is 717 g/mol. The van der Waals surface area contributed by atoms with Gasteiger partial charge in [-0.05, 0) is 85.3 Å². The summed E-state index contributed by atoms with van der Waals surface area (Å²) in [6.45, 7) is 8.67. The summed E-state index contributed by atoms with van der Waals surface area (Å²) in [5, 5.41) is 6.75. The SMILES string of the molecule is C=C/C(=N\C(=N/C(=C)c1cccc(-c2ccccc2)c1)c1ccccc1)c1cc2oc3cccc(-c4ccc(-c5ccc6ccccc6c5)cc4)c3c2c2ccccc12. The highest BCUT2D eigenvalue weighted by Gasteiger charge is 2.19. The van der Waals surface area contributed by atoms with Crippen LogP contribution >= 0.6 is 0 Å².